The SMILES string of the molecule is CCC(=O)C(=N)CC(=O)N1CCN(C(=O)Cc2csc(NC(=O)c3ccc(Cl)cc3)n2)CC1. The van der Waals surface area contributed by atoms with Gasteiger partial charge in [-0.3, -0.25) is 24.5 Å². The summed E-state index contributed by atoms with van der Waals surface area (Å²) in [4.78, 5) is 56.3. The molecule has 3 rings (SSSR count). The predicted molar refractivity (Wildman–Crippen MR) is 126 cm³/mol. The fourth-order valence-electron chi connectivity index (χ4n) is 3.26. The van der Waals surface area contributed by atoms with Crippen molar-refractivity contribution in [1.29, 1.82) is 5.41 Å². The van der Waals surface area contributed by atoms with Crippen molar-refractivity contribution >= 4 is 57.3 Å². The minimum atomic E-state index is -0.329. The Kier molecular flexibility index (Phi) is 8.29. The molecular weight excluding hydrogens is 466 g/mol. The van der Waals surface area contributed by atoms with Gasteiger partial charge in [0.05, 0.1) is 24.2 Å². The summed E-state index contributed by atoms with van der Waals surface area (Å²) in [5.74, 6) is -1.02. The molecule has 2 heterocycles. The van der Waals surface area contributed by atoms with E-state index in [1.54, 1.807) is 46.4 Å². The summed E-state index contributed by atoms with van der Waals surface area (Å²) in [6, 6.07) is 6.49. The van der Waals surface area contributed by atoms with Gasteiger partial charge in [-0.05, 0) is 24.3 Å². The van der Waals surface area contributed by atoms with Crippen LogP contribution in [0.4, 0.5) is 5.13 Å². The number of anilines is 1. The number of carbonyl (C=O) groups excluding carboxylic acids is 4. The first-order valence-electron chi connectivity index (χ1n) is 10.4. The van der Waals surface area contributed by atoms with Crippen LogP contribution < -0.4 is 5.32 Å². The van der Waals surface area contributed by atoms with Gasteiger partial charge in [0.1, 0.15) is 0 Å². The maximum Gasteiger partial charge on any atom is 0.257 e. The fourth-order valence-corrected chi connectivity index (χ4v) is 4.09. The van der Waals surface area contributed by atoms with Crippen LogP contribution in [-0.2, 0) is 20.8 Å². The van der Waals surface area contributed by atoms with Crippen LogP contribution in [0.5, 0.6) is 0 Å². The van der Waals surface area contributed by atoms with Crippen LogP contribution in [0.2, 0.25) is 5.02 Å². The molecule has 0 spiro atoms. The highest BCUT2D eigenvalue weighted by Crippen LogP contribution is 2.18. The molecule has 0 unspecified atom stereocenters. The summed E-state index contributed by atoms with van der Waals surface area (Å²) < 4.78 is 0. The summed E-state index contributed by atoms with van der Waals surface area (Å²) in [5.41, 5.74) is 0.832. The van der Waals surface area contributed by atoms with E-state index < -0.39 is 0 Å². The molecule has 9 nitrogen and oxygen atoms in total. The third-order valence-corrected chi connectivity index (χ3v) is 6.24. The lowest BCUT2D eigenvalue weighted by atomic mass is 10.1. The van der Waals surface area contributed by atoms with Crippen molar-refractivity contribution in [2.24, 2.45) is 0 Å². The second kappa shape index (κ2) is 11.2. The second-order valence-electron chi connectivity index (χ2n) is 7.48. The number of amides is 3. The Labute approximate surface area is 200 Å². The smallest absolute Gasteiger partial charge is 0.257 e. The number of ketones is 1. The van der Waals surface area contributed by atoms with Crippen molar-refractivity contribution < 1.29 is 19.2 Å². The molecule has 2 N–H and O–H groups in total. The predicted octanol–water partition coefficient (Wildman–Crippen LogP) is 2.65. The number of thiazole rings is 1. The van der Waals surface area contributed by atoms with Gasteiger partial charge in [-0.25, -0.2) is 4.98 Å². The highest BCUT2D eigenvalue weighted by molar-refractivity contribution is 7.14. The van der Waals surface area contributed by atoms with Crippen molar-refractivity contribution in [3.05, 3.63) is 45.9 Å². The van der Waals surface area contributed by atoms with Crippen LogP contribution in [0.3, 0.4) is 0 Å². The van der Waals surface area contributed by atoms with Gasteiger partial charge in [0.15, 0.2) is 10.9 Å². The lowest BCUT2D eigenvalue weighted by Crippen LogP contribution is -2.51. The zero-order valence-corrected chi connectivity index (χ0v) is 19.7. The number of piperazine rings is 1. The van der Waals surface area contributed by atoms with E-state index in [0.29, 0.717) is 47.6 Å². The third kappa shape index (κ3) is 6.69. The topological polar surface area (TPSA) is 124 Å². The van der Waals surface area contributed by atoms with Crippen molar-refractivity contribution in [3.63, 3.8) is 0 Å². The summed E-state index contributed by atoms with van der Waals surface area (Å²) in [6.45, 7) is 3.13. The Bertz CT molecular complexity index is 1060. The monoisotopic (exact) mass is 489 g/mol. The second-order valence-corrected chi connectivity index (χ2v) is 8.77. The number of nitrogens with one attached hydrogen (secondary N) is 2. The van der Waals surface area contributed by atoms with Gasteiger partial charge in [-0.2, -0.15) is 0 Å². The fraction of sp³-hybridized carbons (Fsp3) is 0.364. The van der Waals surface area contributed by atoms with Gasteiger partial charge in [-0.1, -0.05) is 18.5 Å². The Morgan fingerprint density at radius 2 is 1.67 bits per heavy atom. The Morgan fingerprint density at radius 1 is 1.06 bits per heavy atom. The molecule has 1 saturated heterocycles. The minimum absolute atomic E-state index is 0.0942. The van der Waals surface area contributed by atoms with Gasteiger partial charge in [0.2, 0.25) is 11.8 Å². The van der Waals surface area contributed by atoms with E-state index in [-0.39, 0.29) is 48.5 Å². The van der Waals surface area contributed by atoms with E-state index in [9.17, 15) is 19.2 Å². The van der Waals surface area contributed by atoms with E-state index in [1.165, 1.54) is 11.3 Å². The molecule has 1 aliphatic rings. The van der Waals surface area contributed by atoms with Gasteiger partial charge in [-0.15, -0.1) is 11.3 Å². The van der Waals surface area contributed by atoms with E-state index >= 15 is 0 Å². The molecule has 2 aromatic rings. The number of nitrogens with zero attached hydrogens (tertiary/aromatic N) is 3. The van der Waals surface area contributed by atoms with Crippen LogP contribution >= 0.6 is 22.9 Å². The zero-order valence-electron chi connectivity index (χ0n) is 18.1. The number of aromatic nitrogens is 1. The van der Waals surface area contributed by atoms with Crippen molar-refractivity contribution in [2.75, 3.05) is 31.5 Å². The minimum Gasteiger partial charge on any atom is -0.339 e. The highest BCUT2D eigenvalue weighted by Gasteiger charge is 2.26. The molecule has 11 heteroatoms. The number of rotatable bonds is 8. The average molecular weight is 490 g/mol. The number of carbonyl (C=O) groups is 4. The molecule has 0 aliphatic carbocycles. The molecule has 1 aromatic carbocycles. The van der Waals surface area contributed by atoms with Crippen LogP contribution in [0, 0.1) is 5.41 Å². The molecule has 1 aromatic heterocycles. The maximum absolute atomic E-state index is 12.6. The third-order valence-electron chi connectivity index (χ3n) is 5.18. The molecule has 1 fully saturated rings. The number of hydrogen-bond donors (Lipinski definition) is 2. The maximum atomic E-state index is 12.6. The van der Waals surface area contributed by atoms with Gasteiger partial charge < -0.3 is 15.2 Å². The first-order valence-corrected chi connectivity index (χ1v) is 11.7. The van der Waals surface area contributed by atoms with Crippen molar-refractivity contribution in [3.8, 4) is 0 Å². The molecule has 1 aliphatic heterocycles. The molecule has 0 atom stereocenters. The number of benzene rings is 1. The van der Waals surface area contributed by atoms with Crippen LogP contribution in [0.1, 0.15) is 35.8 Å². The van der Waals surface area contributed by atoms with E-state index in [4.69, 9.17) is 17.0 Å². The van der Waals surface area contributed by atoms with Crippen molar-refractivity contribution in [1.82, 2.24) is 14.8 Å². The Balaban J connectivity index is 1.47. The first kappa shape index (κ1) is 24.5. The average Bonchev–Trinajstić information content (AvgIpc) is 3.25. The first-order chi connectivity index (χ1) is 15.8. The van der Waals surface area contributed by atoms with E-state index in [0.717, 1.165) is 0 Å². The lowest BCUT2D eigenvalue weighted by molar-refractivity contribution is -0.138. The number of halogens is 1. The Morgan fingerprint density at radius 3 is 2.27 bits per heavy atom. The van der Waals surface area contributed by atoms with Gasteiger partial charge in [0, 0.05) is 48.6 Å². The standard InChI is InChI=1S/C22H24ClN5O4S/c1-2-18(29)17(24)12-20(31)28-9-7-27(8-10-28)19(30)11-16-13-33-22(25-16)26-21(32)14-3-5-15(23)6-4-14/h3-6,13,24H,2,7-12H2,1H3,(H,25,26,32). The lowest BCUT2D eigenvalue weighted by Gasteiger charge is -2.34. The van der Waals surface area contributed by atoms with E-state index in [2.05, 4.69) is 10.3 Å². The molecule has 33 heavy (non-hydrogen) atoms. The summed E-state index contributed by atoms with van der Waals surface area (Å²) in [5, 5.41) is 13.1. The van der Waals surface area contributed by atoms with Crippen LogP contribution in [0.15, 0.2) is 29.6 Å². The van der Waals surface area contributed by atoms with Crippen molar-refractivity contribution in [2.45, 2.75) is 26.2 Å². The van der Waals surface area contributed by atoms with E-state index in [1.807, 2.05) is 0 Å². The molecule has 0 saturated carbocycles. The molecule has 0 bridgehead atoms. The normalized spacial score (nSPS) is 13.5. The zero-order chi connectivity index (χ0) is 24.0. The van der Waals surface area contributed by atoms with Crippen LogP contribution in [0.25, 0.3) is 0 Å². The molecule has 174 valence electrons. The largest absolute Gasteiger partial charge is 0.339 e. The van der Waals surface area contributed by atoms with Gasteiger partial charge >= 0.3 is 0 Å². The van der Waals surface area contributed by atoms with Gasteiger partial charge in [0.25, 0.3) is 5.91 Å². The molecule has 3 amide bonds. The summed E-state index contributed by atoms with van der Waals surface area (Å²) in [7, 11) is 0. The summed E-state index contributed by atoms with van der Waals surface area (Å²) >= 11 is 7.07. The number of Topliss-reactive ketones (excluding diaryl/α,β-unsaturated/α-hetero) is 1. The summed E-state index contributed by atoms with van der Waals surface area (Å²) in [6.07, 6.45) is 0.0956. The molecular formula is C22H24ClN5O4S. The highest BCUT2D eigenvalue weighted by atomic mass is 35.5. The molecule has 0 radical (unpaired) electrons. The Hall–Kier alpha value is -3.11. The number of hydrogen-bond acceptors (Lipinski definition) is 7. The quantitative estimate of drug-likeness (QED) is 0.552. The van der Waals surface area contributed by atoms with Crippen LogP contribution in [-0.4, -0.2) is 70.2 Å².